The number of para-hydroxylation sites is 1. The van der Waals surface area contributed by atoms with Gasteiger partial charge in [-0.1, -0.05) is 6.07 Å². The molecule has 0 aliphatic carbocycles. The fourth-order valence-electron chi connectivity index (χ4n) is 1.68. The Balaban J connectivity index is 2.01. The van der Waals surface area contributed by atoms with E-state index in [0.29, 0.717) is 18.7 Å². The molecule has 0 aliphatic rings. The quantitative estimate of drug-likeness (QED) is 0.704. The zero-order valence-electron chi connectivity index (χ0n) is 9.72. The van der Waals surface area contributed by atoms with Crippen LogP contribution in [0.25, 0.3) is 0 Å². The molecule has 1 heterocycles. The number of nitrogens with two attached hydrogens (primary N) is 1. The monoisotopic (exact) mass is 246 g/mol. The number of aromatic carboxylic acids is 1. The van der Waals surface area contributed by atoms with Crippen LogP contribution in [0.15, 0.2) is 41.0 Å². The Kier molecular flexibility index (Phi) is 3.52. The highest BCUT2D eigenvalue weighted by Crippen LogP contribution is 2.22. The Morgan fingerprint density at radius 1 is 1.33 bits per heavy atom. The molecule has 0 saturated heterocycles. The van der Waals surface area contributed by atoms with Crippen molar-refractivity contribution in [1.29, 1.82) is 0 Å². The van der Waals surface area contributed by atoms with Gasteiger partial charge in [-0.2, -0.15) is 0 Å². The van der Waals surface area contributed by atoms with Crippen LogP contribution in [0, 0.1) is 0 Å². The summed E-state index contributed by atoms with van der Waals surface area (Å²) >= 11 is 0. The third-order valence-corrected chi connectivity index (χ3v) is 2.60. The van der Waals surface area contributed by atoms with Crippen molar-refractivity contribution in [2.45, 2.75) is 6.42 Å². The lowest BCUT2D eigenvalue weighted by Gasteiger charge is -2.10. The number of carboxylic acid groups (broad SMARTS) is 1. The lowest BCUT2D eigenvalue weighted by atomic mass is 10.1. The average Bonchev–Trinajstić information content (AvgIpc) is 2.84. The van der Waals surface area contributed by atoms with Gasteiger partial charge in [-0.15, -0.1) is 0 Å². The highest BCUT2D eigenvalue weighted by atomic mass is 16.4. The largest absolute Gasteiger partial charge is 0.478 e. The molecule has 0 bridgehead atoms. The molecule has 0 radical (unpaired) electrons. The molecule has 94 valence electrons. The second-order valence-electron chi connectivity index (χ2n) is 3.83. The van der Waals surface area contributed by atoms with E-state index in [1.165, 1.54) is 6.07 Å². The van der Waals surface area contributed by atoms with Gasteiger partial charge in [0.25, 0.3) is 0 Å². The molecule has 0 unspecified atom stereocenters. The molecule has 1 aromatic heterocycles. The molecule has 18 heavy (non-hydrogen) atoms. The molecule has 5 nitrogen and oxygen atoms in total. The van der Waals surface area contributed by atoms with Crippen molar-refractivity contribution in [3.05, 3.63) is 47.9 Å². The van der Waals surface area contributed by atoms with Crippen molar-refractivity contribution in [2.24, 2.45) is 0 Å². The topological polar surface area (TPSA) is 88.5 Å². The van der Waals surface area contributed by atoms with Crippen molar-refractivity contribution in [2.75, 3.05) is 17.6 Å². The molecule has 0 amide bonds. The Morgan fingerprint density at radius 3 is 2.83 bits per heavy atom. The number of anilines is 2. The van der Waals surface area contributed by atoms with Gasteiger partial charge in [-0.3, -0.25) is 0 Å². The average molecular weight is 246 g/mol. The van der Waals surface area contributed by atoms with Crippen LogP contribution in [-0.4, -0.2) is 17.6 Å². The predicted octanol–water partition coefficient (Wildman–Crippen LogP) is 2.21. The van der Waals surface area contributed by atoms with Gasteiger partial charge in [-0.25, -0.2) is 4.79 Å². The normalized spacial score (nSPS) is 10.2. The second kappa shape index (κ2) is 5.27. The number of nitrogens with one attached hydrogen (secondary N) is 1. The maximum absolute atomic E-state index is 10.9. The van der Waals surface area contributed by atoms with Gasteiger partial charge in [-0.05, 0) is 24.3 Å². The van der Waals surface area contributed by atoms with Crippen LogP contribution in [0.3, 0.4) is 0 Å². The summed E-state index contributed by atoms with van der Waals surface area (Å²) in [7, 11) is 0. The third-order valence-electron chi connectivity index (χ3n) is 2.60. The fourth-order valence-corrected chi connectivity index (χ4v) is 1.68. The standard InChI is InChI=1S/C13H14N2O3/c14-12-10(13(16)17)4-1-5-11(12)15-7-6-9-3-2-8-18-9/h1-5,8,15H,6-7,14H2,(H,16,17). The van der Waals surface area contributed by atoms with Gasteiger partial charge in [0, 0.05) is 13.0 Å². The first-order valence-corrected chi connectivity index (χ1v) is 5.56. The summed E-state index contributed by atoms with van der Waals surface area (Å²) in [5, 5.41) is 12.0. The van der Waals surface area contributed by atoms with Gasteiger partial charge >= 0.3 is 5.97 Å². The Hall–Kier alpha value is -2.43. The van der Waals surface area contributed by atoms with Gasteiger partial charge in [0.05, 0.1) is 23.2 Å². The number of hydrogen-bond acceptors (Lipinski definition) is 4. The smallest absolute Gasteiger partial charge is 0.337 e. The minimum atomic E-state index is -1.03. The number of carbonyl (C=O) groups is 1. The van der Waals surface area contributed by atoms with E-state index in [-0.39, 0.29) is 11.3 Å². The molecule has 0 atom stereocenters. The SMILES string of the molecule is Nc1c(NCCc2ccco2)cccc1C(=O)O. The Morgan fingerprint density at radius 2 is 2.17 bits per heavy atom. The Bertz CT molecular complexity index is 535. The van der Waals surface area contributed by atoms with E-state index in [1.54, 1.807) is 18.4 Å². The molecule has 0 saturated carbocycles. The van der Waals surface area contributed by atoms with Crippen molar-refractivity contribution >= 4 is 17.3 Å². The van der Waals surface area contributed by atoms with Crippen LogP contribution in [0.4, 0.5) is 11.4 Å². The summed E-state index contributed by atoms with van der Waals surface area (Å²) in [4.78, 5) is 10.9. The van der Waals surface area contributed by atoms with Gasteiger partial charge in [0.2, 0.25) is 0 Å². The molecular formula is C13H14N2O3. The molecule has 0 fully saturated rings. The highest BCUT2D eigenvalue weighted by Gasteiger charge is 2.10. The molecule has 2 aromatic rings. The van der Waals surface area contributed by atoms with Crippen molar-refractivity contribution in [3.8, 4) is 0 Å². The Labute approximate surface area is 104 Å². The minimum Gasteiger partial charge on any atom is -0.478 e. The number of hydrogen-bond donors (Lipinski definition) is 3. The first-order chi connectivity index (χ1) is 8.68. The van der Waals surface area contributed by atoms with Crippen molar-refractivity contribution < 1.29 is 14.3 Å². The number of furan rings is 1. The van der Waals surface area contributed by atoms with E-state index < -0.39 is 5.97 Å². The summed E-state index contributed by atoms with van der Waals surface area (Å²) in [6.07, 6.45) is 2.33. The van der Waals surface area contributed by atoms with Gasteiger partial charge < -0.3 is 20.6 Å². The lowest BCUT2D eigenvalue weighted by molar-refractivity contribution is 0.0698. The van der Waals surface area contributed by atoms with Crippen LogP contribution >= 0.6 is 0 Å². The summed E-state index contributed by atoms with van der Waals surface area (Å²) in [5.74, 6) is -0.155. The summed E-state index contributed by atoms with van der Waals surface area (Å²) in [5.41, 5.74) is 6.77. The molecule has 0 spiro atoms. The summed E-state index contributed by atoms with van der Waals surface area (Å²) in [6, 6.07) is 8.61. The van der Waals surface area contributed by atoms with Crippen LogP contribution in [-0.2, 0) is 6.42 Å². The summed E-state index contributed by atoms with van der Waals surface area (Å²) < 4.78 is 5.20. The zero-order chi connectivity index (χ0) is 13.0. The molecule has 5 heteroatoms. The summed E-state index contributed by atoms with van der Waals surface area (Å²) in [6.45, 7) is 0.626. The molecule has 4 N–H and O–H groups in total. The van der Waals surface area contributed by atoms with Gasteiger partial charge in [0.15, 0.2) is 0 Å². The third kappa shape index (κ3) is 2.63. The van der Waals surface area contributed by atoms with E-state index in [1.807, 2.05) is 12.1 Å². The number of rotatable bonds is 5. The van der Waals surface area contributed by atoms with Crippen molar-refractivity contribution in [1.82, 2.24) is 0 Å². The van der Waals surface area contributed by atoms with E-state index in [2.05, 4.69) is 5.32 Å². The van der Waals surface area contributed by atoms with Crippen LogP contribution in [0.1, 0.15) is 16.1 Å². The van der Waals surface area contributed by atoms with E-state index in [0.717, 1.165) is 5.76 Å². The first-order valence-electron chi connectivity index (χ1n) is 5.56. The van der Waals surface area contributed by atoms with E-state index >= 15 is 0 Å². The molecule has 1 aromatic carbocycles. The number of carboxylic acids is 1. The molecule has 0 aliphatic heterocycles. The second-order valence-corrected chi connectivity index (χ2v) is 3.83. The number of benzene rings is 1. The van der Waals surface area contributed by atoms with Crippen LogP contribution in [0.2, 0.25) is 0 Å². The van der Waals surface area contributed by atoms with Crippen molar-refractivity contribution in [3.63, 3.8) is 0 Å². The zero-order valence-corrected chi connectivity index (χ0v) is 9.72. The van der Waals surface area contributed by atoms with Crippen LogP contribution < -0.4 is 11.1 Å². The van der Waals surface area contributed by atoms with E-state index in [4.69, 9.17) is 15.3 Å². The van der Waals surface area contributed by atoms with Gasteiger partial charge in [0.1, 0.15) is 5.76 Å². The molecular weight excluding hydrogens is 232 g/mol. The lowest BCUT2D eigenvalue weighted by Crippen LogP contribution is -2.09. The first kappa shape index (κ1) is 12.0. The predicted molar refractivity (Wildman–Crippen MR) is 68.7 cm³/mol. The minimum absolute atomic E-state index is 0.109. The molecule has 2 rings (SSSR count). The number of nitrogen functional groups attached to an aromatic ring is 1. The highest BCUT2D eigenvalue weighted by molar-refractivity contribution is 5.97. The fraction of sp³-hybridized carbons (Fsp3) is 0.154. The van der Waals surface area contributed by atoms with E-state index in [9.17, 15) is 4.79 Å². The van der Waals surface area contributed by atoms with Crippen LogP contribution in [0.5, 0.6) is 0 Å². The maximum Gasteiger partial charge on any atom is 0.337 e. The maximum atomic E-state index is 10.9.